The molecule has 2 aliphatic heterocycles. The lowest BCUT2D eigenvalue weighted by molar-refractivity contribution is -0.137. The summed E-state index contributed by atoms with van der Waals surface area (Å²) in [4.78, 5) is 15.6. The van der Waals surface area contributed by atoms with Crippen molar-refractivity contribution in [1.29, 1.82) is 5.26 Å². The third-order valence-corrected chi connectivity index (χ3v) is 8.50. The Kier molecular flexibility index (Phi) is 6.91. The largest absolute Gasteiger partial charge is 0.487 e. The quantitative estimate of drug-likeness (QED) is 0.356. The van der Waals surface area contributed by atoms with Crippen LogP contribution in [0.4, 0.5) is 28.9 Å². The lowest BCUT2D eigenvalue weighted by atomic mass is 10.0. The highest BCUT2D eigenvalue weighted by molar-refractivity contribution is 8.24. The number of carbonyl (C=O) groups is 1. The molecule has 0 aliphatic carbocycles. The first-order chi connectivity index (χ1) is 17.2. The Bertz CT molecular complexity index is 1300. The molecule has 4 rings (SSSR count). The first-order valence-corrected chi connectivity index (χ1v) is 13.4. The summed E-state index contributed by atoms with van der Waals surface area (Å²) < 4.78 is 80.7. The topological polar surface area (TPSA) is 97.0 Å². The van der Waals surface area contributed by atoms with Crippen LogP contribution in [0, 0.1) is 17.1 Å². The van der Waals surface area contributed by atoms with E-state index in [1.54, 1.807) is 0 Å². The van der Waals surface area contributed by atoms with Gasteiger partial charge >= 0.3 is 6.18 Å². The number of carbonyl (C=O) groups excluding carboxylic acids is 1. The van der Waals surface area contributed by atoms with Gasteiger partial charge in [0.1, 0.15) is 11.6 Å². The summed E-state index contributed by atoms with van der Waals surface area (Å²) in [6.45, 7) is 3.03. The molecule has 2 fully saturated rings. The number of nitriles is 1. The zero-order valence-electron chi connectivity index (χ0n) is 19.8. The van der Waals surface area contributed by atoms with Crippen LogP contribution >= 0.6 is 22.8 Å². The molecule has 0 aromatic heterocycles. The van der Waals surface area contributed by atoms with Crippen molar-refractivity contribution in [2.24, 2.45) is 0 Å². The molecule has 0 atom stereocenters. The second-order valence-corrected chi connectivity index (χ2v) is 12.1. The maximum absolute atomic E-state index is 15.0. The van der Waals surface area contributed by atoms with Crippen molar-refractivity contribution in [3.05, 3.63) is 53.3 Å². The molecule has 0 saturated carbocycles. The molecule has 37 heavy (non-hydrogen) atoms. The number of halogens is 4. The van der Waals surface area contributed by atoms with Gasteiger partial charge in [-0.1, -0.05) is 0 Å². The van der Waals surface area contributed by atoms with Gasteiger partial charge in [-0.15, -0.1) is 0 Å². The molecular weight excluding hydrogens is 534 g/mol. The molecule has 2 aromatic rings. The Hall–Kier alpha value is -2.92. The average Bonchev–Trinajstić information content (AvgIpc) is 2.99. The molecule has 198 valence electrons. The van der Waals surface area contributed by atoms with E-state index in [1.165, 1.54) is 43.0 Å². The molecule has 2 N–H and O–H groups in total. The van der Waals surface area contributed by atoms with Gasteiger partial charge in [0.15, 0.2) is 16.7 Å². The maximum Gasteiger partial charge on any atom is 0.417 e. The van der Waals surface area contributed by atoms with E-state index in [1.807, 2.05) is 0 Å². The number of ether oxygens (including phenoxy) is 1. The predicted molar refractivity (Wildman–Crippen MR) is 135 cm³/mol. The summed E-state index contributed by atoms with van der Waals surface area (Å²) in [5.41, 5.74) is -3.13. The van der Waals surface area contributed by atoms with Crippen molar-refractivity contribution in [2.45, 2.75) is 44.5 Å². The van der Waals surface area contributed by atoms with Gasteiger partial charge in [0.05, 0.1) is 22.9 Å². The van der Waals surface area contributed by atoms with Crippen LogP contribution in [0.3, 0.4) is 0 Å². The summed E-state index contributed by atoms with van der Waals surface area (Å²) in [6, 6.07) is 8.34. The third kappa shape index (κ3) is 5.11. The number of alkyl halides is 3. The first-order valence-electron chi connectivity index (χ1n) is 11.2. The Labute approximate surface area is 217 Å². The fraction of sp³-hybridized carbons (Fsp3) is 0.375. The molecule has 2 saturated heterocycles. The van der Waals surface area contributed by atoms with E-state index in [0.717, 1.165) is 17.0 Å². The van der Waals surface area contributed by atoms with Crippen molar-refractivity contribution in [2.75, 3.05) is 21.3 Å². The van der Waals surface area contributed by atoms with Crippen molar-refractivity contribution in [3.8, 4) is 11.8 Å². The number of hydrogen-bond donors (Lipinski definition) is 2. The number of hydrogen-bond acceptors (Lipinski definition) is 6. The molecule has 7 nitrogen and oxygen atoms in total. The molecular formula is C24H23F4N3O4S2. The van der Waals surface area contributed by atoms with Gasteiger partial charge in [0.25, 0.3) is 5.91 Å². The number of thiocarbonyl (C=S) groups is 1. The van der Waals surface area contributed by atoms with E-state index < -0.39 is 45.2 Å². The van der Waals surface area contributed by atoms with Crippen molar-refractivity contribution in [1.82, 2.24) is 0 Å². The zero-order valence-corrected chi connectivity index (χ0v) is 21.4. The minimum atomic E-state index is -4.82. The van der Waals surface area contributed by atoms with Gasteiger partial charge in [-0.05, 0) is 56.4 Å². The standard InChI is InChI=1S/C24H23F4N3O4S2/c1-23(2)21(32)30(15-4-3-14(13-29)18(11-15)24(26,27)28)22(36)31(23)16-5-6-20(19(25)12-16)35-17-7-9-37(33,34)10-8-17/h3-6,11-12,17,33-34H,7-10H2,1-2H3. The van der Waals surface area contributed by atoms with Gasteiger partial charge in [0, 0.05) is 36.1 Å². The van der Waals surface area contributed by atoms with Gasteiger partial charge in [-0.25, -0.2) is 4.39 Å². The predicted octanol–water partition coefficient (Wildman–Crippen LogP) is 5.92. The monoisotopic (exact) mass is 557 g/mol. The molecule has 0 radical (unpaired) electrons. The SMILES string of the molecule is CC1(C)C(=O)N(c2ccc(C#N)c(C(F)(F)F)c2)C(=S)N1c1ccc(OC2CCS(O)(O)CC2)c(F)c1. The van der Waals surface area contributed by atoms with Crippen LogP contribution < -0.4 is 14.5 Å². The summed E-state index contributed by atoms with van der Waals surface area (Å²) >= 11 is 5.46. The molecule has 2 heterocycles. The summed E-state index contributed by atoms with van der Waals surface area (Å²) in [7, 11) is -2.61. The highest BCUT2D eigenvalue weighted by Gasteiger charge is 2.51. The Balaban J connectivity index is 1.63. The van der Waals surface area contributed by atoms with E-state index in [-0.39, 0.29) is 39.8 Å². The lowest BCUT2D eigenvalue weighted by Gasteiger charge is -2.39. The summed E-state index contributed by atoms with van der Waals surface area (Å²) in [5.74, 6) is -1.07. The highest BCUT2D eigenvalue weighted by Crippen LogP contribution is 2.45. The molecule has 0 unspecified atom stereocenters. The number of amides is 1. The molecule has 0 spiro atoms. The van der Waals surface area contributed by atoms with E-state index in [0.29, 0.717) is 18.9 Å². The smallest absolute Gasteiger partial charge is 0.417 e. The van der Waals surface area contributed by atoms with Crippen LogP contribution in [0.25, 0.3) is 0 Å². The second-order valence-electron chi connectivity index (χ2n) is 9.30. The minimum absolute atomic E-state index is 0.0554. The molecule has 0 bridgehead atoms. The van der Waals surface area contributed by atoms with Crippen molar-refractivity contribution < 1.29 is 36.2 Å². The Morgan fingerprint density at radius 1 is 1.14 bits per heavy atom. The summed E-state index contributed by atoms with van der Waals surface area (Å²) in [6.07, 6.45) is -4.49. The molecule has 2 aliphatic rings. The zero-order chi connectivity index (χ0) is 27.3. The van der Waals surface area contributed by atoms with Crippen molar-refractivity contribution >= 4 is 45.2 Å². The van der Waals surface area contributed by atoms with Gasteiger partial charge in [0.2, 0.25) is 0 Å². The normalized spacial score (nSPS) is 20.6. The average molecular weight is 558 g/mol. The molecule has 1 amide bonds. The maximum atomic E-state index is 15.0. The number of anilines is 2. The Morgan fingerprint density at radius 2 is 1.76 bits per heavy atom. The van der Waals surface area contributed by atoms with Crippen LogP contribution in [0.2, 0.25) is 0 Å². The second kappa shape index (κ2) is 9.43. The van der Waals surface area contributed by atoms with Crippen LogP contribution in [0.5, 0.6) is 5.75 Å². The minimum Gasteiger partial charge on any atom is -0.487 e. The van der Waals surface area contributed by atoms with Gasteiger partial charge in [-0.3, -0.25) is 18.8 Å². The fourth-order valence-electron chi connectivity index (χ4n) is 4.37. The molecule has 13 heteroatoms. The van der Waals surface area contributed by atoms with E-state index >= 15 is 4.39 Å². The molecule has 2 aromatic carbocycles. The number of benzene rings is 2. The van der Waals surface area contributed by atoms with E-state index in [2.05, 4.69) is 0 Å². The highest BCUT2D eigenvalue weighted by atomic mass is 32.3. The fourth-order valence-corrected chi connectivity index (χ4v) is 6.37. The number of nitrogens with zero attached hydrogens (tertiary/aromatic N) is 3. The van der Waals surface area contributed by atoms with Gasteiger partial charge in [-0.2, -0.15) is 29.0 Å². The van der Waals surface area contributed by atoms with Crippen LogP contribution in [0.15, 0.2) is 36.4 Å². The van der Waals surface area contributed by atoms with Crippen LogP contribution in [-0.4, -0.2) is 43.3 Å². The first kappa shape index (κ1) is 27.1. The lowest BCUT2D eigenvalue weighted by Crippen LogP contribution is -2.44. The van der Waals surface area contributed by atoms with Crippen LogP contribution in [0.1, 0.15) is 37.8 Å². The van der Waals surface area contributed by atoms with E-state index in [4.69, 9.17) is 22.2 Å². The van der Waals surface area contributed by atoms with Gasteiger partial charge < -0.3 is 9.64 Å². The third-order valence-electron chi connectivity index (χ3n) is 6.36. The van der Waals surface area contributed by atoms with Crippen molar-refractivity contribution in [3.63, 3.8) is 0 Å². The number of rotatable bonds is 4. The van der Waals surface area contributed by atoms with Crippen LogP contribution in [-0.2, 0) is 11.0 Å². The Morgan fingerprint density at radius 3 is 2.32 bits per heavy atom. The van der Waals surface area contributed by atoms with E-state index in [9.17, 15) is 27.1 Å². The summed E-state index contributed by atoms with van der Waals surface area (Å²) in [5, 5.41) is 8.90.